The lowest BCUT2D eigenvalue weighted by Crippen LogP contribution is -2.34. The molecule has 0 aliphatic rings. The van der Waals surface area contributed by atoms with Gasteiger partial charge in [-0.15, -0.1) is 0 Å². The number of rotatable bonds is 9. The maximum Gasteiger partial charge on any atom is 0.404 e. The molecule has 2 amide bonds. The summed E-state index contributed by atoms with van der Waals surface area (Å²) in [7, 11) is 0. The smallest absolute Gasteiger partial charge is 0.358 e. The first-order chi connectivity index (χ1) is 16.1. The monoisotopic (exact) mass is 556 g/mol. The topological polar surface area (TPSA) is 201 Å². The fourth-order valence-corrected chi connectivity index (χ4v) is 3.26. The van der Waals surface area contributed by atoms with Crippen LogP contribution in [0.5, 0.6) is 0 Å². The van der Waals surface area contributed by atoms with Crippen LogP contribution in [0, 0.1) is 27.2 Å². The van der Waals surface area contributed by atoms with Crippen LogP contribution in [0.4, 0.5) is 11.5 Å². The van der Waals surface area contributed by atoms with Gasteiger partial charge >= 0.3 is 17.6 Å². The molecule has 2 heterocycles. The zero-order valence-corrected chi connectivity index (χ0v) is 19.5. The molecule has 0 spiro atoms. The maximum absolute atomic E-state index is 12.2. The van der Waals surface area contributed by atoms with Gasteiger partial charge in [0.2, 0.25) is 0 Å². The molecule has 34 heavy (non-hydrogen) atoms. The van der Waals surface area contributed by atoms with Crippen molar-refractivity contribution >= 4 is 50.9 Å². The van der Waals surface area contributed by atoms with Gasteiger partial charge < -0.3 is 25.3 Å². The van der Waals surface area contributed by atoms with Crippen molar-refractivity contribution in [2.24, 2.45) is 0 Å². The first kappa shape index (κ1) is 24.7. The van der Waals surface area contributed by atoms with E-state index in [1.54, 1.807) is 6.92 Å². The molecule has 1 aromatic carbocycles. The third-order valence-corrected chi connectivity index (χ3v) is 5.59. The largest absolute Gasteiger partial charge is 0.404 e. The Labute approximate surface area is 202 Å². The van der Waals surface area contributed by atoms with Gasteiger partial charge in [0.25, 0.3) is 11.6 Å². The summed E-state index contributed by atoms with van der Waals surface area (Å²) in [5.41, 5.74) is 0.0936. The zero-order chi connectivity index (χ0) is 25.0. The second-order valence-corrected chi connectivity index (χ2v) is 7.79. The van der Waals surface area contributed by atoms with E-state index >= 15 is 0 Å². The first-order valence-electron chi connectivity index (χ1n) is 9.28. The summed E-state index contributed by atoms with van der Waals surface area (Å²) in [5.74, 6) is -1.96. The van der Waals surface area contributed by atoms with Crippen LogP contribution in [0.15, 0.2) is 27.2 Å². The van der Waals surface area contributed by atoms with Crippen LogP contribution in [0.1, 0.15) is 32.6 Å². The number of nitrogens with one attached hydrogen (secondary N) is 2. The van der Waals surface area contributed by atoms with E-state index in [2.05, 4.69) is 41.8 Å². The van der Waals surface area contributed by atoms with Crippen LogP contribution in [0.3, 0.4) is 0 Å². The quantitative estimate of drug-likeness (QED) is 0.222. The molecule has 0 saturated heterocycles. The highest BCUT2D eigenvalue weighted by Gasteiger charge is 2.25. The average Bonchev–Trinajstić information content (AvgIpc) is 3.37. The van der Waals surface area contributed by atoms with Crippen molar-refractivity contribution in [1.82, 2.24) is 30.6 Å². The van der Waals surface area contributed by atoms with Gasteiger partial charge in [-0.3, -0.25) is 19.7 Å². The average molecular weight is 558 g/mol. The minimum atomic E-state index is -0.709. The molecule has 3 aromatic rings. The molecule has 0 aliphatic heterocycles. The Morgan fingerprint density at radius 3 is 2.47 bits per heavy atom. The minimum Gasteiger partial charge on any atom is -0.358 e. The molecule has 0 aliphatic carbocycles. The number of nitro groups is 2. The van der Waals surface area contributed by atoms with Gasteiger partial charge in [-0.05, 0) is 39.9 Å². The van der Waals surface area contributed by atoms with E-state index in [0.717, 1.165) is 6.07 Å². The number of hydrogen-bond acceptors (Lipinski definition) is 10. The number of benzene rings is 1. The fourth-order valence-electron chi connectivity index (χ4n) is 2.65. The lowest BCUT2D eigenvalue weighted by atomic mass is 10.2. The van der Waals surface area contributed by atoms with Crippen LogP contribution >= 0.6 is 27.5 Å². The molecule has 2 aromatic heterocycles. The molecule has 178 valence electrons. The third-order valence-electron chi connectivity index (χ3n) is 4.34. The van der Waals surface area contributed by atoms with Gasteiger partial charge in [-0.2, -0.15) is 9.67 Å². The summed E-state index contributed by atoms with van der Waals surface area (Å²) in [4.78, 5) is 48.8. The number of nitrogens with zero attached hydrogens (tertiary/aromatic N) is 6. The van der Waals surface area contributed by atoms with E-state index in [-0.39, 0.29) is 52.2 Å². The molecule has 0 atom stereocenters. The number of nitro benzene ring substituents is 1. The lowest BCUT2D eigenvalue weighted by molar-refractivity contribution is -0.390. The molecule has 0 radical (unpaired) electrons. The molecule has 2 N–H and O–H groups in total. The molecular weight excluding hydrogens is 544 g/mol. The van der Waals surface area contributed by atoms with Crippen molar-refractivity contribution < 1.29 is 24.0 Å². The Hall–Kier alpha value is -3.92. The van der Waals surface area contributed by atoms with E-state index in [1.807, 2.05) is 0 Å². The Kier molecular flexibility index (Phi) is 7.52. The predicted molar refractivity (Wildman–Crippen MR) is 117 cm³/mol. The minimum absolute atomic E-state index is 0.00459. The van der Waals surface area contributed by atoms with Crippen LogP contribution in [0.25, 0.3) is 0 Å². The van der Waals surface area contributed by atoms with Gasteiger partial charge in [0.15, 0.2) is 5.82 Å². The standard InChI is InChI=1S/C17H14BrClN8O7/c1-8-13(18)14(27(32)33)23-25(8)7-12-22-17(34-24-12)16(29)21-5-4-20-15(28)9-2-3-10(19)11(6-9)26(30)31/h2-3,6H,4-5,7H2,1H3,(H,20,28)(H,21,29). The van der Waals surface area contributed by atoms with Crippen LogP contribution in [-0.4, -0.2) is 54.7 Å². The van der Waals surface area contributed by atoms with Crippen molar-refractivity contribution in [1.29, 1.82) is 0 Å². The van der Waals surface area contributed by atoms with Crippen molar-refractivity contribution in [3.05, 3.63) is 70.9 Å². The molecule has 0 bridgehead atoms. The second-order valence-electron chi connectivity index (χ2n) is 6.59. The number of carbonyl (C=O) groups excluding carboxylic acids is 2. The molecule has 0 unspecified atom stereocenters. The first-order valence-corrected chi connectivity index (χ1v) is 10.5. The van der Waals surface area contributed by atoms with Crippen molar-refractivity contribution in [2.45, 2.75) is 13.5 Å². The number of halogens is 2. The van der Waals surface area contributed by atoms with E-state index in [1.165, 1.54) is 16.8 Å². The fraction of sp³-hybridized carbons (Fsp3) is 0.235. The van der Waals surface area contributed by atoms with Gasteiger partial charge in [0.05, 0.1) is 15.7 Å². The van der Waals surface area contributed by atoms with Crippen molar-refractivity contribution in [3.63, 3.8) is 0 Å². The maximum atomic E-state index is 12.2. The van der Waals surface area contributed by atoms with Gasteiger partial charge in [-0.1, -0.05) is 16.8 Å². The van der Waals surface area contributed by atoms with E-state index in [9.17, 15) is 29.8 Å². The molecule has 15 nitrogen and oxygen atoms in total. The molecule has 0 fully saturated rings. The number of aromatic nitrogens is 4. The SMILES string of the molecule is Cc1c(Br)c([N+](=O)[O-])nn1Cc1noc(C(=O)NCCNC(=O)c2ccc(Cl)c([N+](=O)[O-])c2)n1. The summed E-state index contributed by atoms with van der Waals surface area (Å²) >= 11 is 8.81. The molecule has 3 rings (SSSR count). The highest BCUT2D eigenvalue weighted by atomic mass is 79.9. The summed E-state index contributed by atoms with van der Waals surface area (Å²) in [6.45, 7) is 1.54. The van der Waals surface area contributed by atoms with Crippen LogP contribution in [-0.2, 0) is 6.54 Å². The number of hydrogen-bond donors (Lipinski definition) is 2. The summed E-state index contributed by atoms with van der Waals surface area (Å²) < 4.78 is 6.39. The van der Waals surface area contributed by atoms with Gasteiger partial charge in [0, 0.05) is 24.7 Å². The summed E-state index contributed by atoms with van der Waals surface area (Å²) in [6.07, 6.45) is 0. The predicted octanol–water partition coefficient (Wildman–Crippen LogP) is 2.01. The number of amides is 2. The highest BCUT2D eigenvalue weighted by Crippen LogP contribution is 2.27. The molecular formula is C17H14BrClN8O7. The summed E-state index contributed by atoms with van der Waals surface area (Å²) in [5, 5.41) is 34.3. The van der Waals surface area contributed by atoms with E-state index < -0.39 is 27.3 Å². The number of carbonyl (C=O) groups is 2. The Morgan fingerprint density at radius 1 is 1.18 bits per heavy atom. The van der Waals surface area contributed by atoms with Crippen molar-refractivity contribution in [3.8, 4) is 0 Å². The molecule has 0 saturated carbocycles. The Bertz CT molecular complexity index is 1290. The van der Waals surface area contributed by atoms with E-state index in [4.69, 9.17) is 16.1 Å². The zero-order valence-electron chi connectivity index (χ0n) is 17.2. The highest BCUT2D eigenvalue weighted by molar-refractivity contribution is 9.10. The third kappa shape index (κ3) is 5.52. The Morgan fingerprint density at radius 2 is 1.85 bits per heavy atom. The van der Waals surface area contributed by atoms with Gasteiger partial charge in [-0.25, -0.2) is 0 Å². The second kappa shape index (κ2) is 10.3. The van der Waals surface area contributed by atoms with Crippen molar-refractivity contribution in [2.75, 3.05) is 13.1 Å². The van der Waals surface area contributed by atoms with Crippen LogP contribution < -0.4 is 10.6 Å². The van der Waals surface area contributed by atoms with E-state index in [0.29, 0.717) is 5.69 Å². The summed E-state index contributed by atoms with van der Waals surface area (Å²) in [6, 6.07) is 3.62. The molecule has 17 heteroatoms. The van der Waals surface area contributed by atoms with Gasteiger partial charge in [0.1, 0.15) is 16.0 Å². The lowest BCUT2D eigenvalue weighted by Gasteiger charge is -2.06. The normalized spacial score (nSPS) is 10.7. The Balaban J connectivity index is 1.51. The van der Waals surface area contributed by atoms with Crippen LogP contribution in [0.2, 0.25) is 5.02 Å².